The average Bonchev–Trinajstić information content (AvgIpc) is 2.67. The molecule has 0 aliphatic heterocycles. The van der Waals surface area contributed by atoms with E-state index >= 15 is 0 Å². The van der Waals surface area contributed by atoms with Gasteiger partial charge in [-0.3, -0.25) is 9.78 Å². The molecule has 0 bridgehead atoms. The number of hydrogen-bond acceptors (Lipinski definition) is 3. The van der Waals surface area contributed by atoms with Crippen molar-refractivity contribution in [3.8, 4) is 0 Å². The molecule has 0 saturated heterocycles. The van der Waals surface area contributed by atoms with Crippen molar-refractivity contribution >= 4 is 5.78 Å². The van der Waals surface area contributed by atoms with E-state index in [1.165, 1.54) is 19.3 Å². The first kappa shape index (κ1) is 26.8. The van der Waals surface area contributed by atoms with Crippen LogP contribution >= 0.6 is 0 Å². The number of pyridine rings is 1. The van der Waals surface area contributed by atoms with E-state index in [1.807, 2.05) is 24.4 Å². The number of unbranched alkanes of at least 4 members (excludes halogenated alkanes) is 2. The lowest BCUT2D eigenvalue weighted by atomic mass is 9.56. The maximum atomic E-state index is 13.4. The van der Waals surface area contributed by atoms with E-state index in [-0.39, 0.29) is 16.2 Å². The van der Waals surface area contributed by atoms with Crippen LogP contribution in [0.25, 0.3) is 0 Å². The molecule has 2 atom stereocenters. The number of aromatic nitrogens is 1. The molecule has 3 heteroatoms. The summed E-state index contributed by atoms with van der Waals surface area (Å²) in [5.74, 6) is 1.07. The smallest absolute Gasteiger partial charge is 0.139 e. The zero-order chi connectivity index (χ0) is 22.8. The molecule has 0 aliphatic rings. The summed E-state index contributed by atoms with van der Waals surface area (Å²) in [4.78, 5) is 17.8. The molecule has 3 nitrogen and oxygen atoms in total. The fourth-order valence-corrected chi connectivity index (χ4v) is 4.30. The summed E-state index contributed by atoms with van der Waals surface area (Å²) in [5, 5.41) is 3.44. The number of nitrogens with one attached hydrogen (secondary N) is 1. The minimum Gasteiger partial charge on any atom is -0.311 e. The molecule has 0 aromatic carbocycles. The van der Waals surface area contributed by atoms with E-state index in [0.29, 0.717) is 18.1 Å². The predicted molar refractivity (Wildman–Crippen MR) is 129 cm³/mol. The van der Waals surface area contributed by atoms with E-state index in [2.05, 4.69) is 65.7 Å². The maximum Gasteiger partial charge on any atom is 0.139 e. The minimum absolute atomic E-state index is 0.0386. The van der Waals surface area contributed by atoms with E-state index in [9.17, 15) is 4.79 Å². The van der Waals surface area contributed by atoms with Crippen LogP contribution in [0.3, 0.4) is 0 Å². The molecule has 1 aromatic rings. The number of ketones is 1. The zero-order valence-electron chi connectivity index (χ0n) is 21.1. The summed E-state index contributed by atoms with van der Waals surface area (Å²) < 4.78 is 0. The van der Waals surface area contributed by atoms with Crippen LogP contribution in [0.1, 0.15) is 106 Å². The normalized spacial score (nSPS) is 15.6. The Bertz CT molecular complexity index is 618. The summed E-state index contributed by atoms with van der Waals surface area (Å²) in [7, 11) is 0. The van der Waals surface area contributed by atoms with Gasteiger partial charge in [0.25, 0.3) is 0 Å². The standard InChI is InChI=1S/C27H48N2O/c1-9-10-15-22(2)26(6,7)21-27(8,25(3,4)5)24(30)17-12-13-18-28-20-23-16-11-14-19-29-23/h11,14,16,19,22,28H,9-10,12-13,15,17-18,20-21H2,1-8H3. The molecule has 172 valence electrons. The van der Waals surface area contributed by atoms with Gasteiger partial charge in [0, 0.05) is 24.6 Å². The minimum atomic E-state index is -0.293. The molecule has 1 heterocycles. The van der Waals surface area contributed by atoms with E-state index in [4.69, 9.17) is 0 Å². The first-order chi connectivity index (χ1) is 13.9. The molecule has 1 aromatic heterocycles. The molecular weight excluding hydrogens is 368 g/mol. The molecule has 30 heavy (non-hydrogen) atoms. The topological polar surface area (TPSA) is 42.0 Å². The second kappa shape index (κ2) is 12.0. The van der Waals surface area contributed by atoms with Gasteiger partial charge < -0.3 is 5.32 Å². The third-order valence-corrected chi connectivity index (χ3v) is 7.44. The summed E-state index contributed by atoms with van der Waals surface area (Å²) >= 11 is 0. The van der Waals surface area contributed by atoms with Crippen LogP contribution in [0.15, 0.2) is 24.4 Å². The summed E-state index contributed by atoms with van der Waals surface area (Å²) in [6.45, 7) is 20.0. The van der Waals surface area contributed by atoms with Crippen molar-refractivity contribution in [2.24, 2.45) is 22.2 Å². The predicted octanol–water partition coefficient (Wildman–Crippen LogP) is 7.21. The molecule has 1 rings (SSSR count). The Labute approximate surface area is 186 Å². The monoisotopic (exact) mass is 416 g/mol. The molecule has 2 unspecified atom stereocenters. The average molecular weight is 417 g/mol. The SMILES string of the molecule is CCCCC(C)C(C)(C)CC(C)(C(=O)CCCCNCc1ccccn1)C(C)(C)C. The Morgan fingerprint density at radius 2 is 1.77 bits per heavy atom. The number of hydrogen-bond donors (Lipinski definition) is 1. The first-order valence-electron chi connectivity index (χ1n) is 12.1. The van der Waals surface area contributed by atoms with Crippen LogP contribution in [-0.4, -0.2) is 17.3 Å². The molecule has 0 fully saturated rings. The Morgan fingerprint density at radius 3 is 2.33 bits per heavy atom. The van der Waals surface area contributed by atoms with Gasteiger partial charge >= 0.3 is 0 Å². The van der Waals surface area contributed by atoms with Gasteiger partial charge in [0.2, 0.25) is 0 Å². The molecule has 0 spiro atoms. The second-order valence-corrected chi connectivity index (χ2v) is 11.2. The summed E-state index contributed by atoms with van der Waals surface area (Å²) in [6.07, 6.45) is 9.21. The van der Waals surface area contributed by atoms with Crippen LogP contribution in [0, 0.1) is 22.2 Å². The Kier molecular flexibility index (Phi) is 10.7. The quantitative estimate of drug-likeness (QED) is 0.326. The lowest BCUT2D eigenvalue weighted by Crippen LogP contribution is -2.45. The summed E-state index contributed by atoms with van der Waals surface area (Å²) in [6, 6.07) is 5.99. The highest BCUT2D eigenvalue weighted by molar-refractivity contribution is 5.85. The van der Waals surface area contributed by atoms with Crippen molar-refractivity contribution in [2.75, 3.05) is 6.54 Å². The molecule has 0 aliphatic carbocycles. The van der Waals surface area contributed by atoms with E-state index in [0.717, 1.165) is 38.0 Å². The molecule has 0 saturated carbocycles. The maximum absolute atomic E-state index is 13.4. The van der Waals surface area contributed by atoms with Crippen LogP contribution in [-0.2, 0) is 11.3 Å². The third kappa shape index (κ3) is 8.13. The number of carbonyl (C=O) groups is 1. The highest BCUT2D eigenvalue weighted by atomic mass is 16.1. The lowest BCUT2D eigenvalue weighted by molar-refractivity contribution is -0.137. The largest absolute Gasteiger partial charge is 0.311 e. The van der Waals surface area contributed by atoms with Crippen LogP contribution in [0.5, 0.6) is 0 Å². The van der Waals surface area contributed by atoms with Gasteiger partial charge in [-0.05, 0) is 54.7 Å². The van der Waals surface area contributed by atoms with Gasteiger partial charge in [0.1, 0.15) is 5.78 Å². The Balaban J connectivity index is 2.59. The van der Waals surface area contributed by atoms with Gasteiger partial charge in [-0.1, -0.05) is 80.7 Å². The summed E-state index contributed by atoms with van der Waals surface area (Å²) in [5.41, 5.74) is 0.895. The van der Waals surface area contributed by atoms with Crippen molar-refractivity contribution in [1.82, 2.24) is 10.3 Å². The number of Topliss-reactive ketones (excluding diaryl/α,β-unsaturated/α-hetero) is 1. The molecule has 1 N–H and O–H groups in total. The van der Waals surface area contributed by atoms with Gasteiger partial charge in [0.05, 0.1) is 5.69 Å². The van der Waals surface area contributed by atoms with Crippen LogP contribution in [0.4, 0.5) is 0 Å². The van der Waals surface area contributed by atoms with Crippen molar-refractivity contribution in [3.05, 3.63) is 30.1 Å². The fraction of sp³-hybridized carbons (Fsp3) is 0.778. The first-order valence-corrected chi connectivity index (χ1v) is 12.1. The van der Waals surface area contributed by atoms with Crippen molar-refractivity contribution in [3.63, 3.8) is 0 Å². The van der Waals surface area contributed by atoms with Crippen LogP contribution in [0.2, 0.25) is 0 Å². The number of rotatable bonds is 14. The number of carbonyl (C=O) groups excluding carboxylic acids is 1. The van der Waals surface area contributed by atoms with E-state index in [1.54, 1.807) is 0 Å². The second-order valence-electron chi connectivity index (χ2n) is 11.2. The van der Waals surface area contributed by atoms with Crippen molar-refractivity contribution in [1.29, 1.82) is 0 Å². The van der Waals surface area contributed by atoms with Gasteiger partial charge in [-0.25, -0.2) is 0 Å². The van der Waals surface area contributed by atoms with Crippen molar-refractivity contribution in [2.45, 2.75) is 107 Å². The van der Waals surface area contributed by atoms with Gasteiger partial charge in [0.15, 0.2) is 0 Å². The zero-order valence-corrected chi connectivity index (χ0v) is 21.1. The highest BCUT2D eigenvalue weighted by Gasteiger charge is 2.47. The lowest BCUT2D eigenvalue weighted by Gasteiger charge is -2.47. The highest BCUT2D eigenvalue weighted by Crippen LogP contribution is 2.50. The van der Waals surface area contributed by atoms with Crippen LogP contribution < -0.4 is 5.32 Å². The van der Waals surface area contributed by atoms with Gasteiger partial charge in [-0.15, -0.1) is 0 Å². The van der Waals surface area contributed by atoms with Gasteiger partial charge in [-0.2, -0.15) is 0 Å². The third-order valence-electron chi connectivity index (χ3n) is 7.44. The Hall–Kier alpha value is -1.22. The van der Waals surface area contributed by atoms with Crippen molar-refractivity contribution < 1.29 is 4.79 Å². The molecular formula is C27H48N2O. The molecule has 0 amide bonds. The molecule has 0 radical (unpaired) electrons. The Morgan fingerprint density at radius 1 is 1.07 bits per heavy atom. The number of nitrogens with zero attached hydrogens (tertiary/aromatic N) is 1. The van der Waals surface area contributed by atoms with E-state index < -0.39 is 0 Å². The fourth-order valence-electron chi connectivity index (χ4n) is 4.30.